The molecule has 0 bridgehead atoms. The van der Waals surface area contributed by atoms with Gasteiger partial charge in [0.2, 0.25) is 7.98 Å². The molecule has 1 heterocycles. The van der Waals surface area contributed by atoms with E-state index < -0.39 is 6.10 Å². The predicted molar refractivity (Wildman–Crippen MR) is 128 cm³/mol. The first kappa shape index (κ1) is 22.4. The van der Waals surface area contributed by atoms with Crippen LogP contribution in [0.2, 0.25) is 0 Å². The average molecular weight is 436 g/mol. The highest BCUT2D eigenvalue weighted by Crippen LogP contribution is 2.45. The molecule has 33 heavy (non-hydrogen) atoms. The van der Waals surface area contributed by atoms with E-state index in [-0.39, 0.29) is 12.5 Å². The number of rotatable bonds is 8. The molecule has 4 rings (SSSR count). The van der Waals surface area contributed by atoms with E-state index in [4.69, 9.17) is 15.3 Å². The van der Waals surface area contributed by atoms with Gasteiger partial charge in [-0.25, -0.2) is 0 Å². The number of nitrogens with zero attached hydrogens (tertiary/aromatic N) is 4. The summed E-state index contributed by atoms with van der Waals surface area (Å²) in [5.41, 5.74) is 5.49. The first-order valence-corrected chi connectivity index (χ1v) is 11.0. The summed E-state index contributed by atoms with van der Waals surface area (Å²) in [6, 6.07) is 19.0. The predicted octanol–water partition coefficient (Wildman–Crippen LogP) is 3.71. The molecule has 1 saturated carbocycles. The summed E-state index contributed by atoms with van der Waals surface area (Å²) in [7, 11) is 1.97. The molecule has 0 aliphatic heterocycles. The molecule has 0 spiro atoms. The zero-order valence-electron chi connectivity index (χ0n) is 18.8. The molecule has 0 radical (unpaired) electrons. The fourth-order valence-corrected chi connectivity index (χ4v) is 3.95. The molecule has 6 nitrogen and oxygen atoms in total. The minimum atomic E-state index is -0.614. The summed E-state index contributed by atoms with van der Waals surface area (Å²) < 4.78 is 6.22. The van der Waals surface area contributed by atoms with Crippen molar-refractivity contribution < 1.29 is 9.84 Å². The molecule has 1 atom stereocenters. The fourth-order valence-electron chi connectivity index (χ4n) is 3.95. The minimum absolute atomic E-state index is 0.232. The van der Waals surface area contributed by atoms with Crippen molar-refractivity contribution in [1.82, 2.24) is 4.98 Å². The van der Waals surface area contributed by atoms with Crippen LogP contribution >= 0.6 is 0 Å². The lowest BCUT2D eigenvalue weighted by molar-refractivity contribution is 0.146. The van der Waals surface area contributed by atoms with Crippen LogP contribution in [0, 0.1) is 35.5 Å². The molecular weight excluding hydrogens is 411 g/mol. The number of hydrogen-bond acceptors (Lipinski definition) is 6. The number of hydrogen-bond donors (Lipinski definition) is 1. The summed E-state index contributed by atoms with van der Waals surface area (Å²) in [5, 5.41) is 29.4. The van der Waals surface area contributed by atoms with Gasteiger partial charge in [0.05, 0.1) is 35.1 Å². The van der Waals surface area contributed by atoms with Crippen LogP contribution in [0.1, 0.15) is 52.5 Å². The largest absolute Gasteiger partial charge is 0.487 e. The number of aliphatic hydroxyl groups is 1. The van der Waals surface area contributed by atoms with E-state index in [0.717, 1.165) is 40.9 Å². The van der Waals surface area contributed by atoms with Gasteiger partial charge in [-0.15, -0.1) is 0 Å². The van der Waals surface area contributed by atoms with Crippen molar-refractivity contribution in [3.8, 4) is 17.9 Å². The number of ether oxygens (including phenoxy) is 1. The van der Waals surface area contributed by atoms with Crippen molar-refractivity contribution in [3.63, 3.8) is 0 Å². The van der Waals surface area contributed by atoms with Crippen LogP contribution in [0.4, 0.5) is 5.69 Å². The average Bonchev–Trinajstić information content (AvgIpc) is 3.69. The SMILES string of the molecule is BN(Cc1cnc(C)c(OCc2cccc(C#N)c2)c1C(O)C1CC1)c1ccc(C#N)cc1. The number of anilines is 1. The van der Waals surface area contributed by atoms with Gasteiger partial charge < -0.3 is 14.7 Å². The zero-order valence-corrected chi connectivity index (χ0v) is 18.8. The molecular formula is C26H25BN4O2. The van der Waals surface area contributed by atoms with Crippen molar-refractivity contribution in [2.24, 2.45) is 5.92 Å². The van der Waals surface area contributed by atoms with Crippen LogP contribution in [-0.4, -0.2) is 18.1 Å². The van der Waals surface area contributed by atoms with Crippen LogP contribution < -0.4 is 9.55 Å². The normalized spacial score (nSPS) is 13.6. The Hall–Kier alpha value is -3.81. The lowest BCUT2D eigenvalue weighted by Gasteiger charge is -2.25. The third-order valence-electron chi connectivity index (χ3n) is 5.98. The first-order chi connectivity index (χ1) is 16.0. The van der Waals surface area contributed by atoms with E-state index in [9.17, 15) is 5.11 Å². The Morgan fingerprint density at radius 3 is 2.55 bits per heavy atom. The summed E-state index contributed by atoms with van der Waals surface area (Å²) in [6.45, 7) is 2.72. The van der Waals surface area contributed by atoms with Crippen LogP contribution in [0.5, 0.6) is 5.75 Å². The van der Waals surface area contributed by atoms with Crippen LogP contribution in [0.15, 0.2) is 54.7 Å². The zero-order chi connectivity index (χ0) is 23.4. The van der Waals surface area contributed by atoms with Gasteiger partial charge in [-0.1, -0.05) is 12.1 Å². The van der Waals surface area contributed by atoms with Crippen LogP contribution in [-0.2, 0) is 13.2 Å². The molecule has 0 amide bonds. The Balaban J connectivity index is 1.63. The molecule has 0 saturated heterocycles. The van der Waals surface area contributed by atoms with Gasteiger partial charge in [0.15, 0.2) is 0 Å². The Bertz CT molecular complexity index is 1230. The second-order valence-electron chi connectivity index (χ2n) is 8.51. The fraction of sp³-hybridized carbons (Fsp3) is 0.269. The van der Waals surface area contributed by atoms with E-state index in [0.29, 0.717) is 23.4 Å². The molecule has 1 fully saturated rings. The standard InChI is InChI=1S/C26H25BN4O2/c1-17-26(33-16-20-4-2-3-19(11-20)13-29)24(25(32)21-7-8-21)22(14-30-17)15-31(27)23-9-5-18(12-28)6-10-23/h2-6,9-11,14,21,25,32H,7-8,15-16,27H2,1H3. The Morgan fingerprint density at radius 1 is 1.15 bits per heavy atom. The van der Waals surface area contributed by atoms with Crippen LogP contribution in [0.3, 0.4) is 0 Å². The maximum absolute atomic E-state index is 11.2. The van der Waals surface area contributed by atoms with E-state index in [1.54, 1.807) is 18.2 Å². The van der Waals surface area contributed by atoms with Gasteiger partial charge in [0.1, 0.15) is 12.4 Å². The monoisotopic (exact) mass is 436 g/mol. The Morgan fingerprint density at radius 2 is 1.88 bits per heavy atom. The number of aliphatic hydroxyl groups excluding tert-OH is 1. The van der Waals surface area contributed by atoms with E-state index in [1.807, 2.05) is 51.4 Å². The summed E-state index contributed by atoms with van der Waals surface area (Å²) in [4.78, 5) is 6.63. The van der Waals surface area contributed by atoms with Gasteiger partial charge in [0.25, 0.3) is 0 Å². The molecule has 1 unspecified atom stereocenters. The Kier molecular flexibility index (Phi) is 6.63. The van der Waals surface area contributed by atoms with Crippen molar-refractivity contribution >= 4 is 13.7 Å². The summed E-state index contributed by atoms with van der Waals surface area (Å²) in [5.74, 6) is 0.845. The minimum Gasteiger partial charge on any atom is -0.487 e. The molecule has 1 aliphatic rings. The van der Waals surface area contributed by atoms with Crippen molar-refractivity contribution in [2.45, 2.75) is 39.0 Å². The molecule has 1 aromatic heterocycles. The van der Waals surface area contributed by atoms with Crippen LogP contribution in [0.25, 0.3) is 0 Å². The Labute approximate surface area is 195 Å². The molecule has 1 aliphatic carbocycles. The number of benzene rings is 2. The quantitative estimate of drug-likeness (QED) is 0.542. The highest BCUT2D eigenvalue weighted by molar-refractivity contribution is 6.17. The highest BCUT2D eigenvalue weighted by atomic mass is 16.5. The molecule has 7 heteroatoms. The maximum atomic E-state index is 11.2. The first-order valence-electron chi connectivity index (χ1n) is 11.0. The lowest BCUT2D eigenvalue weighted by Crippen LogP contribution is -2.21. The molecule has 2 aromatic carbocycles. The van der Waals surface area contributed by atoms with E-state index in [1.165, 1.54) is 0 Å². The summed E-state index contributed by atoms with van der Waals surface area (Å²) in [6.07, 6.45) is 3.20. The lowest BCUT2D eigenvalue weighted by atomic mass is 9.97. The van der Waals surface area contributed by atoms with Crippen molar-refractivity contribution in [2.75, 3.05) is 4.81 Å². The number of nitriles is 2. The third kappa shape index (κ3) is 5.17. The topological polar surface area (TPSA) is 93.2 Å². The van der Waals surface area contributed by atoms with E-state index >= 15 is 0 Å². The molecule has 3 aromatic rings. The van der Waals surface area contributed by atoms with Gasteiger partial charge >= 0.3 is 0 Å². The smallest absolute Gasteiger partial charge is 0.217 e. The van der Waals surface area contributed by atoms with Crippen molar-refractivity contribution in [1.29, 1.82) is 10.5 Å². The van der Waals surface area contributed by atoms with Gasteiger partial charge in [-0.3, -0.25) is 4.98 Å². The second kappa shape index (κ2) is 9.77. The number of pyridine rings is 1. The van der Waals surface area contributed by atoms with Crippen molar-refractivity contribution in [3.05, 3.63) is 88.2 Å². The highest BCUT2D eigenvalue weighted by Gasteiger charge is 2.35. The maximum Gasteiger partial charge on any atom is 0.217 e. The number of aromatic nitrogens is 1. The third-order valence-corrected chi connectivity index (χ3v) is 5.98. The summed E-state index contributed by atoms with van der Waals surface area (Å²) >= 11 is 0. The number of aryl methyl sites for hydroxylation is 1. The van der Waals surface area contributed by atoms with E-state index in [2.05, 4.69) is 21.9 Å². The second-order valence-corrected chi connectivity index (χ2v) is 8.51. The molecule has 164 valence electrons. The van der Waals surface area contributed by atoms with Gasteiger partial charge in [0, 0.05) is 24.0 Å². The van der Waals surface area contributed by atoms with Gasteiger partial charge in [-0.2, -0.15) is 10.5 Å². The molecule has 1 N–H and O–H groups in total. The van der Waals surface area contributed by atoms with Gasteiger partial charge in [-0.05, 0) is 73.2 Å².